The van der Waals surface area contributed by atoms with Gasteiger partial charge in [-0.15, -0.1) is 0 Å². The fourth-order valence-electron chi connectivity index (χ4n) is 8.09. The van der Waals surface area contributed by atoms with Gasteiger partial charge in [-0.05, 0) is 79.4 Å². The zero-order valence-corrected chi connectivity index (χ0v) is 19.6. The third kappa shape index (κ3) is 3.57. The van der Waals surface area contributed by atoms with Crippen LogP contribution in [0.15, 0.2) is 23.8 Å². The second-order valence-corrected chi connectivity index (χ2v) is 10.5. The van der Waals surface area contributed by atoms with Gasteiger partial charge in [0.1, 0.15) is 0 Å². The van der Waals surface area contributed by atoms with E-state index in [-0.39, 0.29) is 5.79 Å². The van der Waals surface area contributed by atoms with E-state index in [1.54, 1.807) is 5.57 Å². The minimum atomic E-state index is -0.254. The van der Waals surface area contributed by atoms with Crippen LogP contribution in [-0.4, -0.2) is 19.0 Å². The van der Waals surface area contributed by atoms with Crippen LogP contribution in [-0.2, 0) is 9.47 Å². The summed E-state index contributed by atoms with van der Waals surface area (Å²) in [5, 5.41) is 0. The lowest BCUT2D eigenvalue weighted by Gasteiger charge is -2.54. The number of hydrogen-bond donors (Lipinski definition) is 0. The van der Waals surface area contributed by atoms with E-state index in [0.717, 1.165) is 61.6 Å². The predicted molar refractivity (Wildman–Crippen MR) is 121 cm³/mol. The summed E-state index contributed by atoms with van der Waals surface area (Å²) in [6.07, 6.45) is 17.9. The number of fused-ring (bicyclic) bond motifs is 5. The van der Waals surface area contributed by atoms with Crippen LogP contribution in [0.3, 0.4) is 0 Å². The molecule has 0 bridgehead atoms. The molecule has 1 heterocycles. The molecule has 4 aliphatic carbocycles. The maximum atomic E-state index is 6.05. The van der Waals surface area contributed by atoms with Gasteiger partial charge in [-0.1, -0.05) is 58.4 Å². The lowest BCUT2D eigenvalue weighted by Crippen LogP contribution is -2.47. The molecule has 2 nitrogen and oxygen atoms in total. The van der Waals surface area contributed by atoms with Crippen LogP contribution in [0.4, 0.5) is 0 Å². The average Bonchev–Trinajstić information content (AvgIpc) is 3.29. The first-order chi connectivity index (χ1) is 14.1. The average molecular weight is 401 g/mol. The molecule has 0 N–H and O–H groups in total. The van der Waals surface area contributed by atoms with Gasteiger partial charge in [-0.3, -0.25) is 0 Å². The molecule has 2 heteroatoms. The Morgan fingerprint density at radius 2 is 1.86 bits per heavy atom. The van der Waals surface area contributed by atoms with Crippen molar-refractivity contribution in [2.45, 2.75) is 91.8 Å². The predicted octanol–water partition coefficient (Wildman–Crippen LogP) is 7.16. The maximum absolute atomic E-state index is 6.05. The minimum Gasteiger partial charge on any atom is -0.347 e. The van der Waals surface area contributed by atoms with Crippen LogP contribution in [0.25, 0.3) is 0 Å². The smallest absolute Gasteiger partial charge is 0.172 e. The highest BCUT2D eigenvalue weighted by Crippen LogP contribution is 2.65. The normalized spacial score (nSPS) is 45.2. The summed E-state index contributed by atoms with van der Waals surface area (Å²) >= 11 is 0. The van der Waals surface area contributed by atoms with Crippen molar-refractivity contribution < 1.29 is 9.47 Å². The van der Waals surface area contributed by atoms with Crippen molar-refractivity contribution in [3.63, 3.8) is 0 Å². The molecule has 1 aliphatic heterocycles. The van der Waals surface area contributed by atoms with Crippen molar-refractivity contribution >= 4 is 0 Å². The first-order valence-electron chi connectivity index (χ1n) is 12.7. The van der Waals surface area contributed by atoms with Crippen LogP contribution in [0.2, 0.25) is 0 Å². The Hall–Kier alpha value is -0.600. The first kappa shape index (κ1) is 21.6. The zero-order valence-electron chi connectivity index (χ0n) is 19.6. The second-order valence-electron chi connectivity index (χ2n) is 10.5. The Kier molecular flexibility index (Phi) is 6.34. The molecule has 6 unspecified atom stereocenters. The number of hydrogen-bond acceptors (Lipinski definition) is 2. The molecule has 7 atom stereocenters. The Morgan fingerprint density at radius 3 is 2.59 bits per heavy atom. The monoisotopic (exact) mass is 400 g/mol. The molecule has 0 radical (unpaired) electrons. The van der Waals surface area contributed by atoms with E-state index in [4.69, 9.17) is 9.47 Å². The molecule has 5 rings (SSSR count). The molecule has 3 saturated carbocycles. The van der Waals surface area contributed by atoms with E-state index in [9.17, 15) is 0 Å². The zero-order chi connectivity index (χ0) is 20.6. The van der Waals surface area contributed by atoms with Crippen molar-refractivity contribution in [1.29, 1.82) is 0 Å². The highest BCUT2D eigenvalue weighted by Gasteiger charge is 2.58. The maximum Gasteiger partial charge on any atom is 0.172 e. The van der Waals surface area contributed by atoms with Crippen LogP contribution in [0, 0.1) is 40.9 Å². The van der Waals surface area contributed by atoms with Crippen molar-refractivity contribution in [3.8, 4) is 0 Å². The fourth-order valence-corrected chi connectivity index (χ4v) is 8.09. The fraction of sp³-hybridized carbons (Fsp3) is 0.852. The lowest BCUT2D eigenvalue weighted by molar-refractivity contribution is -0.176. The minimum absolute atomic E-state index is 0.254. The van der Waals surface area contributed by atoms with E-state index in [1.807, 2.05) is 13.8 Å². The standard InChI is InChI=1S/C25H38O2.C2H6/c1-4-5-6-22-17(2)15-23-21-8-7-18-16-25(26-13-14-27-25)12-10-19(18)20(21)9-11-24(22,23)3;1-2/h5-7,17,19-23H,4,8-16H2,1-3H3;1-2H3/b6-5-;/t17-,19?,20?,21?,22?,23?,24?;/m1./s1. The van der Waals surface area contributed by atoms with Gasteiger partial charge in [0.15, 0.2) is 5.79 Å². The molecule has 1 saturated heterocycles. The van der Waals surface area contributed by atoms with Crippen molar-refractivity contribution in [2.75, 3.05) is 13.2 Å². The van der Waals surface area contributed by atoms with E-state index < -0.39 is 0 Å². The first-order valence-corrected chi connectivity index (χ1v) is 12.7. The summed E-state index contributed by atoms with van der Waals surface area (Å²) in [7, 11) is 0. The van der Waals surface area contributed by atoms with Gasteiger partial charge < -0.3 is 9.47 Å². The topological polar surface area (TPSA) is 18.5 Å². The molecule has 0 aromatic heterocycles. The Bertz CT molecular complexity index is 628. The molecule has 0 aromatic rings. The Morgan fingerprint density at radius 1 is 1.10 bits per heavy atom. The largest absolute Gasteiger partial charge is 0.347 e. The van der Waals surface area contributed by atoms with Gasteiger partial charge in [0, 0.05) is 12.8 Å². The summed E-state index contributed by atoms with van der Waals surface area (Å²) in [5.41, 5.74) is 2.21. The third-order valence-corrected chi connectivity index (χ3v) is 9.28. The Labute approximate surface area is 179 Å². The number of ether oxygens (including phenoxy) is 2. The molecular formula is C27H44O2. The molecule has 164 valence electrons. The van der Waals surface area contributed by atoms with Gasteiger partial charge in [0.2, 0.25) is 0 Å². The highest BCUT2D eigenvalue weighted by molar-refractivity contribution is 5.22. The third-order valence-electron chi connectivity index (χ3n) is 9.28. The summed E-state index contributed by atoms with van der Waals surface area (Å²) in [4.78, 5) is 0. The Balaban J connectivity index is 0.000000994. The molecule has 0 amide bonds. The molecular weight excluding hydrogens is 356 g/mol. The molecule has 1 spiro atoms. The van der Waals surface area contributed by atoms with E-state index in [1.165, 1.54) is 38.5 Å². The molecule has 4 fully saturated rings. The summed E-state index contributed by atoms with van der Waals surface area (Å²) < 4.78 is 12.1. The van der Waals surface area contributed by atoms with E-state index >= 15 is 0 Å². The van der Waals surface area contributed by atoms with Crippen LogP contribution < -0.4 is 0 Å². The molecule has 29 heavy (non-hydrogen) atoms. The second kappa shape index (κ2) is 8.50. The van der Waals surface area contributed by atoms with Gasteiger partial charge in [0.05, 0.1) is 13.2 Å². The van der Waals surface area contributed by atoms with Crippen molar-refractivity contribution in [2.24, 2.45) is 40.9 Å². The SMILES string of the molecule is CC.CC/C=C\C1[C@H](C)CC2C3CC=C4CC5(CCC4C3CCC21C)OCCO5. The quantitative estimate of drug-likeness (QED) is 0.458. The number of allylic oxidation sites excluding steroid dienone is 3. The van der Waals surface area contributed by atoms with Gasteiger partial charge in [-0.25, -0.2) is 0 Å². The van der Waals surface area contributed by atoms with Crippen molar-refractivity contribution in [3.05, 3.63) is 23.8 Å². The summed E-state index contributed by atoms with van der Waals surface area (Å²) in [5.74, 6) is 4.96. The van der Waals surface area contributed by atoms with Gasteiger partial charge in [-0.2, -0.15) is 0 Å². The number of rotatable bonds is 2. The van der Waals surface area contributed by atoms with Crippen molar-refractivity contribution in [1.82, 2.24) is 0 Å². The molecule has 5 aliphatic rings. The van der Waals surface area contributed by atoms with Crippen LogP contribution in [0.5, 0.6) is 0 Å². The van der Waals surface area contributed by atoms with Crippen LogP contribution >= 0.6 is 0 Å². The lowest BCUT2D eigenvalue weighted by atomic mass is 9.51. The summed E-state index contributed by atoms with van der Waals surface area (Å²) in [6.45, 7) is 13.0. The van der Waals surface area contributed by atoms with Gasteiger partial charge >= 0.3 is 0 Å². The summed E-state index contributed by atoms with van der Waals surface area (Å²) in [6, 6.07) is 0. The molecule has 0 aromatic carbocycles. The van der Waals surface area contributed by atoms with Gasteiger partial charge in [0.25, 0.3) is 0 Å². The van der Waals surface area contributed by atoms with E-state index in [2.05, 4.69) is 39.0 Å². The van der Waals surface area contributed by atoms with E-state index in [0.29, 0.717) is 5.41 Å². The van der Waals surface area contributed by atoms with Crippen LogP contribution in [0.1, 0.15) is 86.0 Å². The highest BCUT2D eigenvalue weighted by atomic mass is 16.7.